The lowest BCUT2D eigenvalue weighted by Crippen LogP contribution is -2.48. The van der Waals surface area contributed by atoms with Gasteiger partial charge in [-0.2, -0.15) is 4.68 Å². The van der Waals surface area contributed by atoms with E-state index in [1.807, 2.05) is 48.5 Å². The second kappa shape index (κ2) is 9.88. The Balaban J connectivity index is 1.25. The van der Waals surface area contributed by atoms with E-state index in [0.717, 1.165) is 23.1 Å². The predicted molar refractivity (Wildman–Crippen MR) is 133 cm³/mol. The monoisotopic (exact) mass is 503 g/mol. The summed E-state index contributed by atoms with van der Waals surface area (Å²) in [4.78, 5) is 14.8. The van der Waals surface area contributed by atoms with Crippen LogP contribution < -0.4 is 14.8 Å². The van der Waals surface area contributed by atoms with Crippen LogP contribution in [0.25, 0.3) is 5.82 Å². The third-order valence-electron chi connectivity index (χ3n) is 6.54. The van der Waals surface area contributed by atoms with Gasteiger partial charge in [-0.05, 0) is 35.4 Å². The number of hydrogen-bond donors (Lipinski definition) is 2. The van der Waals surface area contributed by atoms with Crippen molar-refractivity contribution in [2.75, 3.05) is 0 Å². The summed E-state index contributed by atoms with van der Waals surface area (Å²) in [6.07, 6.45) is 4.56. The molecule has 1 aliphatic carbocycles. The zero-order chi connectivity index (χ0) is 26.0. The first kappa shape index (κ1) is 24.2. The number of amides is 1. The first-order valence-corrected chi connectivity index (χ1v) is 11.9. The summed E-state index contributed by atoms with van der Waals surface area (Å²) in [5.41, 5.74) is 1.88. The van der Waals surface area contributed by atoms with Crippen molar-refractivity contribution in [3.63, 3.8) is 0 Å². The molecule has 4 aromatic rings. The SMILES string of the molecule is CC(C)(c1ccc(Oc2cc(F)cnc2-n2ccnn2)cc1)c1ccc(O[C@H]2C[C@H](NC(=O)O)C2)cc1. The molecule has 0 saturated heterocycles. The molecule has 0 radical (unpaired) electrons. The molecule has 1 amide bonds. The summed E-state index contributed by atoms with van der Waals surface area (Å²) in [6.45, 7) is 4.26. The fraction of sp³-hybridized carbons (Fsp3) is 0.259. The van der Waals surface area contributed by atoms with Gasteiger partial charge < -0.3 is 19.9 Å². The maximum atomic E-state index is 13.9. The minimum absolute atomic E-state index is 0.0154. The molecular weight excluding hydrogens is 477 g/mol. The Kier molecular flexibility index (Phi) is 6.47. The summed E-state index contributed by atoms with van der Waals surface area (Å²) in [7, 11) is 0. The fourth-order valence-corrected chi connectivity index (χ4v) is 4.31. The van der Waals surface area contributed by atoms with Crippen LogP contribution in [0.1, 0.15) is 37.8 Å². The molecule has 10 heteroatoms. The van der Waals surface area contributed by atoms with E-state index in [9.17, 15) is 9.18 Å². The molecule has 1 saturated carbocycles. The minimum Gasteiger partial charge on any atom is -0.490 e. The van der Waals surface area contributed by atoms with Crippen LogP contribution in [0.3, 0.4) is 0 Å². The number of halogens is 1. The maximum absolute atomic E-state index is 13.9. The molecule has 2 aromatic carbocycles. The molecule has 2 heterocycles. The van der Waals surface area contributed by atoms with E-state index in [0.29, 0.717) is 24.4 Å². The highest BCUT2D eigenvalue weighted by molar-refractivity contribution is 5.65. The number of nitrogens with zero attached hydrogens (tertiary/aromatic N) is 4. The van der Waals surface area contributed by atoms with Gasteiger partial charge in [0.05, 0.1) is 18.6 Å². The molecule has 0 atom stereocenters. The molecule has 1 aliphatic rings. The number of hydrogen-bond acceptors (Lipinski definition) is 6. The molecule has 0 spiro atoms. The Labute approximate surface area is 212 Å². The molecule has 0 bridgehead atoms. The summed E-state index contributed by atoms with van der Waals surface area (Å²) in [5, 5.41) is 18.9. The van der Waals surface area contributed by atoms with E-state index < -0.39 is 11.9 Å². The summed E-state index contributed by atoms with van der Waals surface area (Å²) in [5.74, 6) is 1.34. The highest BCUT2D eigenvalue weighted by Crippen LogP contribution is 2.35. The lowest BCUT2D eigenvalue weighted by atomic mass is 9.78. The molecule has 5 rings (SSSR count). The van der Waals surface area contributed by atoms with Crippen molar-refractivity contribution in [2.24, 2.45) is 0 Å². The summed E-state index contributed by atoms with van der Waals surface area (Å²) in [6, 6.07) is 16.8. The first-order chi connectivity index (χ1) is 17.8. The van der Waals surface area contributed by atoms with Crippen LogP contribution in [0, 0.1) is 5.82 Å². The lowest BCUT2D eigenvalue weighted by Gasteiger charge is -2.35. The number of carboxylic acid groups (broad SMARTS) is 1. The van der Waals surface area contributed by atoms with Gasteiger partial charge in [0, 0.05) is 30.4 Å². The minimum atomic E-state index is -1.00. The molecule has 2 N–H and O–H groups in total. The molecule has 9 nitrogen and oxygen atoms in total. The average Bonchev–Trinajstić information content (AvgIpc) is 3.38. The fourth-order valence-electron chi connectivity index (χ4n) is 4.31. The number of carbonyl (C=O) groups is 1. The molecule has 0 unspecified atom stereocenters. The van der Waals surface area contributed by atoms with Crippen LogP contribution in [0.2, 0.25) is 0 Å². The van der Waals surface area contributed by atoms with Crippen molar-refractivity contribution in [1.82, 2.24) is 25.3 Å². The Morgan fingerprint density at radius 1 is 1.08 bits per heavy atom. The molecule has 1 fully saturated rings. The van der Waals surface area contributed by atoms with Gasteiger partial charge in [-0.25, -0.2) is 14.2 Å². The van der Waals surface area contributed by atoms with Crippen LogP contribution in [0.5, 0.6) is 17.2 Å². The normalized spacial score (nSPS) is 17.1. The molecule has 190 valence electrons. The van der Waals surface area contributed by atoms with E-state index >= 15 is 0 Å². The number of pyridine rings is 1. The van der Waals surface area contributed by atoms with Gasteiger partial charge in [-0.15, -0.1) is 5.10 Å². The van der Waals surface area contributed by atoms with Crippen molar-refractivity contribution in [3.05, 3.63) is 90.1 Å². The summed E-state index contributed by atoms with van der Waals surface area (Å²) >= 11 is 0. The Hall–Kier alpha value is -4.47. The molecular formula is C27H26FN5O4. The second-order valence-electron chi connectivity index (χ2n) is 9.46. The van der Waals surface area contributed by atoms with Crippen LogP contribution in [-0.2, 0) is 5.41 Å². The van der Waals surface area contributed by atoms with E-state index in [4.69, 9.17) is 14.6 Å². The van der Waals surface area contributed by atoms with E-state index in [2.05, 4.69) is 34.5 Å². The van der Waals surface area contributed by atoms with E-state index in [1.54, 1.807) is 6.20 Å². The average molecular weight is 504 g/mol. The van der Waals surface area contributed by atoms with Gasteiger partial charge in [0.25, 0.3) is 0 Å². The third kappa shape index (κ3) is 5.37. The van der Waals surface area contributed by atoms with Gasteiger partial charge in [-0.3, -0.25) is 0 Å². The predicted octanol–water partition coefficient (Wildman–Crippen LogP) is 5.10. The Bertz CT molecular complexity index is 1370. The second-order valence-corrected chi connectivity index (χ2v) is 9.46. The maximum Gasteiger partial charge on any atom is 0.404 e. The van der Waals surface area contributed by atoms with Gasteiger partial charge in [0.1, 0.15) is 23.4 Å². The zero-order valence-electron chi connectivity index (χ0n) is 20.3. The smallest absolute Gasteiger partial charge is 0.404 e. The number of benzene rings is 2. The topological polar surface area (TPSA) is 111 Å². The molecule has 0 aliphatic heterocycles. The third-order valence-corrected chi connectivity index (χ3v) is 6.54. The van der Waals surface area contributed by atoms with E-state index in [-0.39, 0.29) is 23.3 Å². The summed E-state index contributed by atoms with van der Waals surface area (Å²) < 4.78 is 27.2. The van der Waals surface area contributed by atoms with Crippen molar-refractivity contribution in [1.29, 1.82) is 0 Å². The number of ether oxygens (including phenoxy) is 2. The largest absolute Gasteiger partial charge is 0.490 e. The quantitative estimate of drug-likeness (QED) is 0.344. The number of rotatable bonds is 8. The van der Waals surface area contributed by atoms with Crippen LogP contribution in [-0.4, -0.2) is 43.3 Å². The van der Waals surface area contributed by atoms with Crippen LogP contribution in [0.4, 0.5) is 9.18 Å². The van der Waals surface area contributed by atoms with Crippen molar-refractivity contribution < 1.29 is 23.8 Å². The lowest BCUT2D eigenvalue weighted by molar-refractivity contribution is 0.0833. The molecule has 2 aromatic heterocycles. The van der Waals surface area contributed by atoms with Gasteiger partial charge in [0.15, 0.2) is 11.6 Å². The van der Waals surface area contributed by atoms with Crippen molar-refractivity contribution >= 4 is 6.09 Å². The van der Waals surface area contributed by atoms with Gasteiger partial charge >= 0.3 is 6.09 Å². The highest BCUT2D eigenvalue weighted by Gasteiger charge is 2.32. The zero-order valence-corrected chi connectivity index (χ0v) is 20.3. The van der Waals surface area contributed by atoms with Gasteiger partial charge in [0.2, 0.25) is 0 Å². The first-order valence-electron chi connectivity index (χ1n) is 11.9. The molecule has 37 heavy (non-hydrogen) atoms. The standard InChI is InChI=1S/C27H26FN5O4/c1-27(2,17-3-7-21(8-4-17)36-23-14-20(15-23)31-26(34)35)18-5-9-22(10-6-18)37-24-13-19(28)16-29-25(24)33-12-11-30-32-33/h3-13,16,20,23,31H,14-15H2,1-2H3,(H,34,35)/t20-,23-. The highest BCUT2D eigenvalue weighted by atomic mass is 19.1. The van der Waals surface area contributed by atoms with Crippen molar-refractivity contribution in [3.8, 4) is 23.1 Å². The number of nitrogens with one attached hydrogen (secondary N) is 1. The Morgan fingerprint density at radius 3 is 2.32 bits per heavy atom. The van der Waals surface area contributed by atoms with E-state index in [1.165, 1.54) is 16.9 Å². The van der Waals surface area contributed by atoms with Crippen molar-refractivity contribution in [2.45, 2.75) is 44.2 Å². The van der Waals surface area contributed by atoms with Gasteiger partial charge in [-0.1, -0.05) is 43.3 Å². The Morgan fingerprint density at radius 2 is 1.73 bits per heavy atom. The number of aromatic nitrogens is 4. The van der Waals surface area contributed by atoms with Crippen LogP contribution >= 0.6 is 0 Å². The van der Waals surface area contributed by atoms with Crippen LogP contribution in [0.15, 0.2) is 73.2 Å².